The van der Waals surface area contributed by atoms with Crippen LogP contribution in [0.2, 0.25) is 5.02 Å². The van der Waals surface area contributed by atoms with Crippen LogP contribution in [0.4, 0.5) is 10.1 Å². The quantitative estimate of drug-likeness (QED) is 0.897. The van der Waals surface area contributed by atoms with E-state index >= 15 is 0 Å². The Labute approximate surface area is 112 Å². The predicted octanol–water partition coefficient (Wildman–Crippen LogP) is 3.85. The van der Waals surface area contributed by atoms with Crippen LogP contribution in [0.3, 0.4) is 0 Å². The maximum Gasteiger partial charge on any atom is 0.336 e. The van der Waals surface area contributed by atoms with Gasteiger partial charge in [0.05, 0.1) is 16.3 Å². The highest BCUT2D eigenvalue weighted by molar-refractivity contribution is 7.10. The van der Waals surface area contributed by atoms with Gasteiger partial charge in [-0.05, 0) is 18.2 Å². The molecule has 3 nitrogen and oxygen atoms in total. The van der Waals surface area contributed by atoms with Crippen molar-refractivity contribution in [3.63, 3.8) is 0 Å². The number of thiophene rings is 1. The molecule has 94 valence electrons. The van der Waals surface area contributed by atoms with Gasteiger partial charge < -0.3 is 10.4 Å². The standard InChI is InChI=1S/C12H9ClFNO2S/c13-9-2-1-3-10(11(9)14)15-5-8-4-7(6-18-8)12(16)17/h1-4,6,15H,5H2,(H,16,17). The van der Waals surface area contributed by atoms with Gasteiger partial charge in [-0.1, -0.05) is 17.7 Å². The van der Waals surface area contributed by atoms with E-state index in [1.165, 1.54) is 17.4 Å². The molecule has 0 saturated carbocycles. The summed E-state index contributed by atoms with van der Waals surface area (Å²) in [5.41, 5.74) is 0.538. The summed E-state index contributed by atoms with van der Waals surface area (Å²) in [6.45, 7) is 0.356. The Morgan fingerprint density at radius 3 is 2.94 bits per heavy atom. The minimum atomic E-state index is -0.966. The SMILES string of the molecule is O=C(O)c1csc(CNc2cccc(Cl)c2F)c1. The molecule has 2 N–H and O–H groups in total. The zero-order chi connectivity index (χ0) is 13.1. The van der Waals surface area contributed by atoms with Gasteiger partial charge in [-0.15, -0.1) is 11.3 Å². The number of aromatic carboxylic acids is 1. The average Bonchev–Trinajstić information content (AvgIpc) is 2.80. The summed E-state index contributed by atoms with van der Waals surface area (Å²) in [5.74, 6) is -1.47. The molecule has 0 aliphatic rings. The molecule has 1 aromatic heterocycles. The number of hydrogen-bond donors (Lipinski definition) is 2. The van der Waals surface area contributed by atoms with Crippen molar-refractivity contribution in [1.29, 1.82) is 0 Å². The highest BCUT2D eigenvalue weighted by Crippen LogP contribution is 2.23. The molecule has 0 radical (unpaired) electrons. The van der Waals surface area contributed by atoms with E-state index in [-0.39, 0.29) is 10.6 Å². The summed E-state index contributed by atoms with van der Waals surface area (Å²) in [4.78, 5) is 11.5. The summed E-state index contributed by atoms with van der Waals surface area (Å²) in [7, 11) is 0. The van der Waals surface area contributed by atoms with E-state index in [0.717, 1.165) is 4.88 Å². The van der Waals surface area contributed by atoms with E-state index in [1.54, 1.807) is 23.6 Å². The third-order valence-electron chi connectivity index (χ3n) is 2.31. The summed E-state index contributed by atoms with van der Waals surface area (Å²) in [5, 5.41) is 13.3. The van der Waals surface area contributed by atoms with Crippen LogP contribution >= 0.6 is 22.9 Å². The first-order valence-electron chi connectivity index (χ1n) is 5.06. The van der Waals surface area contributed by atoms with Crippen LogP contribution in [0.25, 0.3) is 0 Å². The molecule has 1 aromatic carbocycles. The highest BCUT2D eigenvalue weighted by Gasteiger charge is 2.08. The van der Waals surface area contributed by atoms with E-state index in [2.05, 4.69) is 5.32 Å². The monoisotopic (exact) mass is 285 g/mol. The van der Waals surface area contributed by atoms with Crippen molar-refractivity contribution in [1.82, 2.24) is 0 Å². The molecule has 2 aromatic rings. The van der Waals surface area contributed by atoms with Gasteiger partial charge in [0.2, 0.25) is 0 Å². The van der Waals surface area contributed by atoms with Crippen molar-refractivity contribution >= 4 is 34.6 Å². The lowest BCUT2D eigenvalue weighted by Crippen LogP contribution is -2.00. The maximum atomic E-state index is 13.6. The van der Waals surface area contributed by atoms with E-state index in [1.807, 2.05) is 0 Å². The number of benzene rings is 1. The van der Waals surface area contributed by atoms with E-state index in [9.17, 15) is 9.18 Å². The zero-order valence-corrected chi connectivity index (χ0v) is 10.7. The third-order valence-corrected chi connectivity index (χ3v) is 3.53. The molecule has 0 saturated heterocycles. The maximum absolute atomic E-state index is 13.6. The molecule has 0 amide bonds. The topological polar surface area (TPSA) is 49.3 Å². The van der Waals surface area contributed by atoms with Gasteiger partial charge in [-0.25, -0.2) is 9.18 Å². The Bertz CT molecular complexity index is 585. The Kier molecular flexibility index (Phi) is 3.84. The lowest BCUT2D eigenvalue weighted by atomic mass is 10.3. The number of carboxylic acid groups (broad SMARTS) is 1. The predicted molar refractivity (Wildman–Crippen MR) is 70.0 cm³/mol. The first-order valence-corrected chi connectivity index (χ1v) is 6.32. The molecular formula is C12H9ClFNO2S. The number of halogens is 2. The zero-order valence-electron chi connectivity index (χ0n) is 9.11. The molecule has 0 bridgehead atoms. The van der Waals surface area contributed by atoms with Crippen LogP contribution in [0.5, 0.6) is 0 Å². The molecule has 2 rings (SSSR count). The van der Waals surface area contributed by atoms with Crippen LogP contribution in [0, 0.1) is 5.82 Å². The molecule has 0 aliphatic carbocycles. The van der Waals surface area contributed by atoms with Crippen LogP contribution in [0.1, 0.15) is 15.2 Å². The second-order valence-electron chi connectivity index (χ2n) is 3.56. The fourth-order valence-corrected chi connectivity index (χ4v) is 2.38. The van der Waals surface area contributed by atoms with Gasteiger partial charge in [0.1, 0.15) is 0 Å². The Morgan fingerprint density at radius 1 is 1.50 bits per heavy atom. The second kappa shape index (κ2) is 5.37. The van der Waals surface area contributed by atoms with Crippen LogP contribution in [-0.2, 0) is 6.54 Å². The summed E-state index contributed by atoms with van der Waals surface area (Å²) in [6.07, 6.45) is 0. The number of carbonyl (C=O) groups is 1. The normalized spacial score (nSPS) is 10.3. The van der Waals surface area contributed by atoms with Crippen molar-refractivity contribution in [2.24, 2.45) is 0 Å². The largest absolute Gasteiger partial charge is 0.478 e. The molecule has 6 heteroatoms. The van der Waals surface area contributed by atoms with Crippen molar-refractivity contribution < 1.29 is 14.3 Å². The summed E-state index contributed by atoms with van der Waals surface area (Å²) >= 11 is 6.96. The second-order valence-corrected chi connectivity index (χ2v) is 4.96. The lowest BCUT2D eigenvalue weighted by Gasteiger charge is -2.06. The highest BCUT2D eigenvalue weighted by atomic mass is 35.5. The van der Waals surface area contributed by atoms with Crippen LogP contribution in [-0.4, -0.2) is 11.1 Å². The number of nitrogens with one attached hydrogen (secondary N) is 1. The minimum Gasteiger partial charge on any atom is -0.478 e. The summed E-state index contributed by atoms with van der Waals surface area (Å²) < 4.78 is 13.6. The van der Waals surface area contributed by atoms with Gasteiger partial charge >= 0.3 is 5.97 Å². The van der Waals surface area contributed by atoms with E-state index in [0.29, 0.717) is 12.2 Å². The Hall–Kier alpha value is -1.59. The average molecular weight is 286 g/mol. The third kappa shape index (κ3) is 2.80. The first kappa shape index (κ1) is 12.9. The van der Waals surface area contributed by atoms with Crippen molar-refractivity contribution in [2.75, 3.05) is 5.32 Å². The molecule has 1 heterocycles. The minimum absolute atomic E-state index is 0.0532. The molecular weight excluding hydrogens is 277 g/mol. The summed E-state index contributed by atoms with van der Waals surface area (Å²) in [6, 6.07) is 6.25. The molecule has 0 fully saturated rings. The van der Waals surface area contributed by atoms with Crippen molar-refractivity contribution in [3.05, 3.63) is 50.9 Å². The number of anilines is 1. The van der Waals surface area contributed by atoms with Gasteiger partial charge in [-0.3, -0.25) is 0 Å². The van der Waals surface area contributed by atoms with Gasteiger partial charge in [0.15, 0.2) is 5.82 Å². The lowest BCUT2D eigenvalue weighted by molar-refractivity contribution is 0.0697. The fraction of sp³-hybridized carbons (Fsp3) is 0.0833. The Balaban J connectivity index is 2.07. The molecule has 0 atom stereocenters. The molecule has 0 unspecified atom stereocenters. The van der Waals surface area contributed by atoms with Crippen molar-refractivity contribution in [2.45, 2.75) is 6.54 Å². The van der Waals surface area contributed by atoms with Crippen LogP contribution < -0.4 is 5.32 Å². The smallest absolute Gasteiger partial charge is 0.336 e. The Morgan fingerprint density at radius 2 is 2.28 bits per heavy atom. The number of rotatable bonds is 4. The molecule has 0 aliphatic heterocycles. The van der Waals surface area contributed by atoms with E-state index < -0.39 is 11.8 Å². The molecule has 18 heavy (non-hydrogen) atoms. The first-order chi connectivity index (χ1) is 8.58. The molecule has 0 spiro atoms. The van der Waals surface area contributed by atoms with Crippen LogP contribution in [0.15, 0.2) is 29.6 Å². The fourth-order valence-electron chi connectivity index (χ4n) is 1.41. The van der Waals surface area contributed by atoms with Gasteiger partial charge in [-0.2, -0.15) is 0 Å². The number of hydrogen-bond acceptors (Lipinski definition) is 3. The number of carboxylic acids is 1. The van der Waals surface area contributed by atoms with E-state index in [4.69, 9.17) is 16.7 Å². The van der Waals surface area contributed by atoms with Gasteiger partial charge in [0, 0.05) is 16.8 Å². The van der Waals surface area contributed by atoms with Gasteiger partial charge in [0.25, 0.3) is 0 Å². The van der Waals surface area contributed by atoms with Crippen molar-refractivity contribution in [3.8, 4) is 0 Å².